The first kappa shape index (κ1) is 7.55. The van der Waals surface area contributed by atoms with Crippen molar-refractivity contribution in [3.63, 3.8) is 0 Å². The van der Waals surface area contributed by atoms with Gasteiger partial charge in [-0.25, -0.2) is 0 Å². The average molecular weight is 152 g/mol. The van der Waals surface area contributed by atoms with E-state index >= 15 is 0 Å². The summed E-state index contributed by atoms with van der Waals surface area (Å²) in [6.45, 7) is 6.38. The van der Waals surface area contributed by atoms with E-state index in [1.54, 1.807) is 0 Å². The lowest BCUT2D eigenvalue weighted by Gasteiger charge is -1.95. The van der Waals surface area contributed by atoms with Gasteiger partial charge in [-0.05, 0) is 43.4 Å². The Morgan fingerprint density at radius 2 is 2.30 bits per heavy atom. The number of hydrogen-bond donors (Lipinski definition) is 0. The summed E-state index contributed by atoms with van der Waals surface area (Å²) < 4.78 is 0. The summed E-state index contributed by atoms with van der Waals surface area (Å²) >= 11 is 1.81. The lowest BCUT2D eigenvalue weighted by molar-refractivity contribution is 1.49. The molecule has 0 aliphatic heterocycles. The Hall–Kier alpha value is -0.560. The monoisotopic (exact) mass is 152 g/mol. The first-order valence-electron chi connectivity index (χ1n) is 3.43. The molecule has 54 valence electrons. The van der Waals surface area contributed by atoms with Gasteiger partial charge in [0, 0.05) is 4.88 Å². The molecule has 0 unspecified atom stereocenters. The van der Waals surface area contributed by atoms with Crippen molar-refractivity contribution in [2.24, 2.45) is 0 Å². The molecular weight excluding hydrogens is 140 g/mol. The van der Waals surface area contributed by atoms with E-state index in [-0.39, 0.29) is 0 Å². The molecule has 0 aromatic carbocycles. The summed E-state index contributed by atoms with van der Waals surface area (Å²) in [5, 5.41) is 2.14. The van der Waals surface area contributed by atoms with Crippen molar-refractivity contribution < 1.29 is 0 Å². The van der Waals surface area contributed by atoms with E-state index in [0.717, 1.165) is 0 Å². The van der Waals surface area contributed by atoms with Gasteiger partial charge in [0.15, 0.2) is 0 Å². The number of aryl methyl sites for hydroxylation is 1. The van der Waals surface area contributed by atoms with Gasteiger partial charge >= 0.3 is 0 Å². The van der Waals surface area contributed by atoms with E-state index in [0.29, 0.717) is 0 Å². The van der Waals surface area contributed by atoms with Crippen molar-refractivity contribution in [2.45, 2.75) is 20.8 Å². The van der Waals surface area contributed by atoms with Crippen LogP contribution in [0.5, 0.6) is 0 Å². The normalized spacial score (nSPS) is 12.1. The van der Waals surface area contributed by atoms with Crippen LogP contribution in [0.1, 0.15) is 24.3 Å². The number of thiophene rings is 1. The molecule has 1 aromatic heterocycles. The maximum atomic E-state index is 2.16. The highest BCUT2D eigenvalue weighted by molar-refractivity contribution is 7.11. The Bertz CT molecular complexity index is 243. The molecule has 1 aromatic rings. The molecule has 0 saturated carbocycles. The van der Waals surface area contributed by atoms with Crippen molar-refractivity contribution in [3.05, 3.63) is 28.0 Å². The van der Waals surface area contributed by atoms with Crippen LogP contribution in [-0.4, -0.2) is 0 Å². The molecule has 1 heteroatoms. The molecule has 0 saturated heterocycles. The fourth-order valence-electron chi connectivity index (χ4n) is 0.908. The summed E-state index contributed by atoms with van der Waals surface area (Å²) in [4.78, 5) is 1.42. The van der Waals surface area contributed by atoms with Gasteiger partial charge < -0.3 is 0 Å². The zero-order valence-electron chi connectivity index (χ0n) is 6.64. The topological polar surface area (TPSA) is 0 Å². The molecule has 0 N–H and O–H groups in total. The van der Waals surface area contributed by atoms with Crippen molar-refractivity contribution in [2.75, 3.05) is 0 Å². The standard InChI is InChI=1S/C9H12S/c1-4-7(2)9-8(3)5-6-10-9/h4-6H,1-3H3. The molecule has 0 atom stereocenters. The minimum absolute atomic E-state index is 1.38. The van der Waals surface area contributed by atoms with Gasteiger partial charge in [-0.2, -0.15) is 0 Å². The van der Waals surface area contributed by atoms with Crippen molar-refractivity contribution in [3.8, 4) is 0 Å². The molecule has 0 fully saturated rings. The molecule has 0 nitrogen and oxygen atoms in total. The van der Waals surface area contributed by atoms with Crippen molar-refractivity contribution in [1.82, 2.24) is 0 Å². The molecule has 0 aliphatic rings. The second-order valence-electron chi connectivity index (χ2n) is 2.40. The molecule has 0 bridgehead atoms. The Morgan fingerprint density at radius 1 is 1.60 bits per heavy atom. The first-order valence-corrected chi connectivity index (χ1v) is 4.31. The van der Waals surface area contributed by atoms with Crippen LogP contribution in [0.25, 0.3) is 5.57 Å². The van der Waals surface area contributed by atoms with Crippen LogP contribution in [0.3, 0.4) is 0 Å². The SMILES string of the molecule is CC=C(C)c1sccc1C. The fourth-order valence-corrected chi connectivity index (χ4v) is 1.87. The maximum Gasteiger partial charge on any atom is 0.0325 e. The zero-order valence-corrected chi connectivity index (χ0v) is 7.46. The third kappa shape index (κ3) is 1.29. The number of hydrogen-bond acceptors (Lipinski definition) is 1. The van der Waals surface area contributed by atoms with Crippen LogP contribution in [0.2, 0.25) is 0 Å². The summed E-state index contributed by atoms with van der Waals surface area (Å²) in [5.41, 5.74) is 2.77. The summed E-state index contributed by atoms with van der Waals surface area (Å²) in [6.07, 6.45) is 2.15. The number of allylic oxidation sites excluding steroid dienone is 2. The average Bonchev–Trinajstić information content (AvgIpc) is 2.34. The second-order valence-corrected chi connectivity index (χ2v) is 3.32. The van der Waals surface area contributed by atoms with Crippen LogP contribution in [0.15, 0.2) is 17.5 Å². The third-order valence-corrected chi connectivity index (χ3v) is 2.81. The predicted molar refractivity (Wildman–Crippen MR) is 48.4 cm³/mol. The highest BCUT2D eigenvalue weighted by atomic mass is 32.1. The molecule has 1 rings (SSSR count). The van der Waals surface area contributed by atoms with E-state index < -0.39 is 0 Å². The Kier molecular flexibility index (Phi) is 2.28. The molecule has 10 heavy (non-hydrogen) atoms. The van der Waals surface area contributed by atoms with E-state index in [4.69, 9.17) is 0 Å². The van der Waals surface area contributed by atoms with Crippen LogP contribution < -0.4 is 0 Å². The van der Waals surface area contributed by atoms with Crippen molar-refractivity contribution in [1.29, 1.82) is 0 Å². The van der Waals surface area contributed by atoms with Crippen LogP contribution in [0.4, 0.5) is 0 Å². The van der Waals surface area contributed by atoms with E-state index in [2.05, 4.69) is 38.3 Å². The van der Waals surface area contributed by atoms with E-state index in [1.165, 1.54) is 16.0 Å². The molecule has 0 amide bonds. The Labute approximate surface area is 66.2 Å². The van der Waals surface area contributed by atoms with Gasteiger partial charge in [0.05, 0.1) is 0 Å². The minimum Gasteiger partial charge on any atom is -0.144 e. The van der Waals surface area contributed by atoms with Gasteiger partial charge in [0.2, 0.25) is 0 Å². The highest BCUT2D eigenvalue weighted by Crippen LogP contribution is 2.23. The van der Waals surface area contributed by atoms with Crippen LogP contribution in [0, 0.1) is 6.92 Å². The van der Waals surface area contributed by atoms with Crippen LogP contribution in [-0.2, 0) is 0 Å². The fraction of sp³-hybridized carbons (Fsp3) is 0.333. The summed E-state index contributed by atoms with van der Waals surface area (Å²) in [5.74, 6) is 0. The van der Waals surface area contributed by atoms with E-state index in [1.807, 2.05) is 11.3 Å². The lowest BCUT2D eigenvalue weighted by atomic mass is 10.2. The van der Waals surface area contributed by atoms with Gasteiger partial charge in [-0.3, -0.25) is 0 Å². The zero-order chi connectivity index (χ0) is 7.56. The third-order valence-electron chi connectivity index (χ3n) is 1.65. The smallest absolute Gasteiger partial charge is 0.0325 e. The Balaban J connectivity index is 3.05. The first-order chi connectivity index (χ1) is 4.75. The van der Waals surface area contributed by atoms with Gasteiger partial charge in [0.1, 0.15) is 0 Å². The number of rotatable bonds is 1. The summed E-state index contributed by atoms with van der Waals surface area (Å²) in [6, 6.07) is 2.16. The van der Waals surface area contributed by atoms with Gasteiger partial charge in [0.25, 0.3) is 0 Å². The van der Waals surface area contributed by atoms with E-state index in [9.17, 15) is 0 Å². The second kappa shape index (κ2) is 3.02. The predicted octanol–water partition coefficient (Wildman–Crippen LogP) is 3.48. The Morgan fingerprint density at radius 3 is 2.70 bits per heavy atom. The van der Waals surface area contributed by atoms with Gasteiger partial charge in [-0.1, -0.05) is 6.08 Å². The van der Waals surface area contributed by atoms with Gasteiger partial charge in [-0.15, -0.1) is 11.3 Å². The molecule has 0 aliphatic carbocycles. The highest BCUT2D eigenvalue weighted by Gasteiger charge is 1.98. The van der Waals surface area contributed by atoms with Crippen LogP contribution >= 0.6 is 11.3 Å². The maximum absolute atomic E-state index is 2.16. The lowest BCUT2D eigenvalue weighted by Crippen LogP contribution is -1.74. The largest absolute Gasteiger partial charge is 0.144 e. The molecule has 1 heterocycles. The molecular formula is C9H12S. The quantitative estimate of drug-likeness (QED) is 0.578. The van der Waals surface area contributed by atoms with Crippen molar-refractivity contribution >= 4 is 16.9 Å². The molecule has 0 radical (unpaired) electrons. The minimum atomic E-state index is 1.38. The molecule has 0 spiro atoms. The summed E-state index contributed by atoms with van der Waals surface area (Å²) in [7, 11) is 0.